The Morgan fingerprint density at radius 2 is 1.03 bits per heavy atom. The van der Waals surface area contributed by atoms with Gasteiger partial charge in [0.2, 0.25) is 53.2 Å². The third kappa shape index (κ3) is 17.1. The second kappa shape index (κ2) is 28.7. The molecule has 406 valence electrons. The van der Waals surface area contributed by atoms with E-state index in [9.17, 15) is 58.2 Å². The number of nitrogens with zero attached hydrogens (tertiary/aromatic N) is 3. The molecule has 9 atom stereocenters. The van der Waals surface area contributed by atoms with Crippen molar-refractivity contribution in [2.24, 2.45) is 23.5 Å². The van der Waals surface area contributed by atoms with E-state index in [1.807, 2.05) is 41.5 Å². The van der Waals surface area contributed by atoms with Gasteiger partial charge in [0.05, 0.1) is 19.2 Å². The minimum atomic E-state index is -1.54. The number of hydrogen-bond donors (Lipinski definition) is 10. The first-order valence-corrected chi connectivity index (χ1v) is 26.1. The highest BCUT2D eigenvalue weighted by atomic mass is 16.4. The maximum Gasteiger partial charge on any atom is 0.326 e. The van der Waals surface area contributed by atoms with E-state index < -0.39 is 109 Å². The van der Waals surface area contributed by atoms with Gasteiger partial charge in [-0.3, -0.25) is 43.2 Å². The van der Waals surface area contributed by atoms with Crippen LogP contribution < -0.4 is 43.0 Å². The van der Waals surface area contributed by atoms with E-state index in [4.69, 9.17) is 5.73 Å². The summed E-state index contributed by atoms with van der Waals surface area (Å²) >= 11 is 0. The largest absolute Gasteiger partial charge is 0.480 e. The average Bonchev–Trinajstić information content (AvgIpc) is 4.18. The number of nitrogens with two attached hydrogens (primary N) is 1. The molecule has 11 N–H and O–H groups in total. The number of nitrogens with one attached hydrogen (secondary N) is 7. The molecule has 4 aliphatic heterocycles. The highest BCUT2D eigenvalue weighted by Gasteiger charge is 2.42. The molecule has 0 aliphatic carbocycles. The number of likely N-dealkylation sites (tertiary alicyclic amines) is 3. The summed E-state index contributed by atoms with van der Waals surface area (Å²) in [6.45, 7) is 11.6. The summed E-state index contributed by atoms with van der Waals surface area (Å²) < 4.78 is 0. The maximum absolute atomic E-state index is 14.3. The Morgan fingerprint density at radius 1 is 0.556 bits per heavy atom. The fraction of sp³-hybridized carbons (Fsp3) is 0.796. The first-order chi connectivity index (χ1) is 34.2. The van der Waals surface area contributed by atoms with Crippen molar-refractivity contribution in [3.05, 3.63) is 0 Å². The van der Waals surface area contributed by atoms with Gasteiger partial charge >= 0.3 is 5.97 Å². The second-order valence-corrected chi connectivity index (χ2v) is 21.0. The highest BCUT2D eigenvalue weighted by molar-refractivity contribution is 5.98. The van der Waals surface area contributed by atoms with Gasteiger partial charge < -0.3 is 67.9 Å². The van der Waals surface area contributed by atoms with E-state index in [1.54, 1.807) is 0 Å². The topological polar surface area (TPSA) is 331 Å². The van der Waals surface area contributed by atoms with Gasteiger partial charge in [0.25, 0.3) is 0 Å². The molecule has 4 aliphatic rings. The Balaban J connectivity index is 1.38. The van der Waals surface area contributed by atoms with Crippen molar-refractivity contribution in [1.82, 2.24) is 51.9 Å². The van der Waals surface area contributed by atoms with Crippen molar-refractivity contribution >= 4 is 59.1 Å². The van der Waals surface area contributed by atoms with Gasteiger partial charge in [0.15, 0.2) is 0 Å². The molecule has 0 aromatic carbocycles. The molecule has 23 heteroatoms. The molecule has 4 heterocycles. The number of amides is 9. The summed E-state index contributed by atoms with van der Waals surface area (Å²) in [5.41, 5.74) is 5.65. The van der Waals surface area contributed by atoms with Crippen LogP contribution in [-0.2, 0) is 47.9 Å². The predicted octanol–water partition coefficient (Wildman–Crippen LogP) is -1.40. The molecule has 0 unspecified atom stereocenters. The molecule has 23 nitrogen and oxygen atoms in total. The van der Waals surface area contributed by atoms with Crippen LogP contribution in [0.2, 0.25) is 0 Å². The Morgan fingerprint density at radius 3 is 1.54 bits per heavy atom. The first kappa shape index (κ1) is 59.1. The Hall–Kier alpha value is -5.42. The van der Waals surface area contributed by atoms with Crippen molar-refractivity contribution in [2.75, 3.05) is 45.9 Å². The minimum absolute atomic E-state index is 0.0810. The lowest BCUT2D eigenvalue weighted by molar-refractivity contribution is -0.149. The maximum atomic E-state index is 14.3. The molecule has 9 amide bonds. The molecule has 72 heavy (non-hydrogen) atoms. The number of aliphatic carboxylic acids is 1. The molecule has 0 aromatic heterocycles. The highest BCUT2D eigenvalue weighted by Crippen LogP contribution is 2.24. The van der Waals surface area contributed by atoms with E-state index in [0.29, 0.717) is 64.5 Å². The molecular weight excluding hydrogens is 935 g/mol. The summed E-state index contributed by atoms with van der Waals surface area (Å²) in [5.74, 6) is -6.56. The van der Waals surface area contributed by atoms with Crippen LogP contribution >= 0.6 is 0 Å². The summed E-state index contributed by atoms with van der Waals surface area (Å²) in [5, 5.41) is 39.2. The Labute approximate surface area is 423 Å². The van der Waals surface area contributed by atoms with E-state index in [2.05, 4.69) is 37.2 Å². The fourth-order valence-electron chi connectivity index (χ4n) is 10.1. The number of carbonyl (C=O) groups excluding carboxylic acids is 9. The van der Waals surface area contributed by atoms with Gasteiger partial charge in [-0.1, -0.05) is 41.5 Å². The number of carboxylic acid groups (broad SMARTS) is 1. The SMILES string of the molecule is CC(C)C[C@H](NC(=O)[C@@H]1CCCN1C(=O)[C@H](CC(C)C)NC(=O)CNC(=O)[C@@H]1CCCN1C(=O)[C@H](CC(C)C)NC(=O)[C@@H]1CCCN1)C(=O)N[C@@H](CO)C(=O)N[C@@H](CCCCN)C(=O)N1CCC[C@H]1C(=O)O. The van der Waals surface area contributed by atoms with Crippen LogP contribution in [0.1, 0.15) is 131 Å². The van der Waals surface area contributed by atoms with Crippen LogP contribution in [0.4, 0.5) is 0 Å². The van der Waals surface area contributed by atoms with Gasteiger partial charge in [-0.05, 0) is 121 Å². The zero-order valence-electron chi connectivity index (χ0n) is 43.2. The molecule has 0 radical (unpaired) electrons. The minimum Gasteiger partial charge on any atom is -0.480 e. The monoisotopic (exact) mass is 1020 g/mol. The predicted molar refractivity (Wildman–Crippen MR) is 264 cm³/mol. The number of carboxylic acids is 1. The third-order valence-corrected chi connectivity index (χ3v) is 13.7. The molecule has 4 fully saturated rings. The van der Waals surface area contributed by atoms with Crippen LogP contribution in [0.15, 0.2) is 0 Å². The summed E-state index contributed by atoms with van der Waals surface area (Å²) in [4.78, 5) is 139. The lowest BCUT2D eigenvalue weighted by atomic mass is 10.0. The van der Waals surface area contributed by atoms with E-state index in [-0.39, 0.29) is 80.8 Å². The van der Waals surface area contributed by atoms with Gasteiger partial charge in [-0.2, -0.15) is 0 Å². The van der Waals surface area contributed by atoms with Gasteiger partial charge in [-0.15, -0.1) is 0 Å². The number of hydrogen-bond acceptors (Lipinski definition) is 13. The summed E-state index contributed by atoms with van der Waals surface area (Å²) in [6.07, 6.45) is 5.70. The zero-order valence-corrected chi connectivity index (χ0v) is 43.2. The summed E-state index contributed by atoms with van der Waals surface area (Å²) in [6, 6.07) is -9.11. The van der Waals surface area contributed by atoms with Crippen LogP contribution in [0.3, 0.4) is 0 Å². The molecular formula is C49H83N11O12. The number of aliphatic hydroxyl groups is 1. The summed E-state index contributed by atoms with van der Waals surface area (Å²) in [7, 11) is 0. The van der Waals surface area contributed by atoms with Crippen LogP contribution in [-0.4, -0.2) is 184 Å². The van der Waals surface area contributed by atoms with Crippen LogP contribution in [0.25, 0.3) is 0 Å². The standard InChI is InChI=1S/C49H83N11O12/c1-28(2)23-33(42(64)57-36(27-61)43(65)54-32(13-7-8-18-50)46(68)60-22-12-17-39(60)49(71)72)55-45(67)38-16-11-21-59(38)47(69)34(24-29(3)4)53-40(62)26-52-44(66)37-15-10-20-58(37)48(70)35(25-30(5)6)56-41(63)31-14-9-19-51-31/h28-39,51,61H,7-27,50H2,1-6H3,(H,52,66)(H,53,62)(H,54,65)(H,55,67)(H,56,63)(H,57,64)(H,71,72)/t31-,32-,33-,34-,35-,36-,37-,38-,39-/m0/s1. The quantitative estimate of drug-likeness (QED) is 0.0424. The first-order valence-electron chi connectivity index (χ1n) is 26.1. The van der Waals surface area contributed by atoms with Gasteiger partial charge in [0.1, 0.15) is 48.3 Å². The lowest BCUT2D eigenvalue weighted by Gasteiger charge is -2.31. The van der Waals surface area contributed by atoms with Crippen LogP contribution in [0, 0.1) is 17.8 Å². The zero-order chi connectivity index (χ0) is 53.2. The molecule has 0 aromatic rings. The number of unbranched alkanes of at least 4 members (excludes halogenated alkanes) is 1. The third-order valence-electron chi connectivity index (χ3n) is 13.7. The molecule has 0 saturated carbocycles. The second-order valence-electron chi connectivity index (χ2n) is 21.0. The number of aliphatic hydroxyl groups excluding tert-OH is 1. The number of carbonyl (C=O) groups is 10. The Kier molecular flexibility index (Phi) is 23.6. The average molecular weight is 1020 g/mol. The molecule has 0 bridgehead atoms. The fourth-order valence-corrected chi connectivity index (χ4v) is 10.1. The lowest BCUT2D eigenvalue weighted by Crippen LogP contribution is -2.60. The van der Waals surface area contributed by atoms with Crippen molar-refractivity contribution < 1.29 is 58.2 Å². The molecule has 4 rings (SSSR count). The Bertz CT molecular complexity index is 1910. The van der Waals surface area contributed by atoms with E-state index in [1.165, 1.54) is 14.7 Å². The van der Waals surface area contributed by atoms with Gasteiger partial charge in [0, 0.05) is 19.6 Å². The normalized spacial score (nSPS) is 22.0. The van der Waals surface area contributed by atoms with Crippen LogP contribution in [0.5, 0.6) is 0 Å². The van der Waals surface area contributed by atoms with Crippen molar-refractivity contribution in [3.8, 4) is 0 Å². The van der Waals surface area contributed by atoms with Crippen molar-refractivity contribution in [3.63, 3.8) is 0 Å². The van der Waals surface area contributed by atoms with E-state index >= 15 is 0 Å². The van der Waals surface area contributed by atoms with Crippen molar-refractivity contribution in [1.29, 1.82) is 0 Å². The van der Waals surface area contributed by atoms with Gasteiger partial charge in [-0.25, -0.2) is 4.79 Å². The van der Waals surface area contributed by atoms with Crippen molar-refractivity contribution in [2.45, 2.75) is 186 Å². The van der Waals surface area contributed by atoms with E-state index in [0.717, 1.165) is 13.0 Å². The number of rotatable bonds is 27. The molecule has 0 spiro atoms. The smallest absolute Gasteiger partial charge is 0.326 e. The molecule has 4 saturated heterocycles.